The van der Waals surface area contributed by atoms with Gasteiger partial charge in [0.05, 0.1) is 4.70 Å². The molecule has 164 valence electrons. The van der Waals surface area contributed by atoms with E-state index in [1.165, 1.54) is 63.6 Å². The zero-order chi connectivity index (χ0) is 23.1. The molecule has 0 aliphatic heterocycles. The molecule has 3 heteroatoms. The number of thiophene rings is 1. The summed E-state index contributed by atoms with van der Waals surface area (Å²) in [5.41, 5.74) is 4.38. The van der Waals surface area contributed by atoms with Crippen molar-refractivity contribution in [1.29, 1.82) is 0 Å². The molecule has 0 spiro atoms. The van der Waals surface area contributed by atoms with Crippen molar-refractivity contribution in [2.45, 2.75) is 0 Å². The maximum atomic E-state index is 6.61. The van der Waals surface area contributed by atoms with E-state index in [1.54, 1.807) is 0 Å². The maximum absolute atomic E-state index is 6.61. The molecule has 0 aliphatic rings. The highest BCUT2D eigenvalue weighted by molar-refractivity contribution is 9.10. The Morgan fingerprint density at radius 1 is 0.543 bits per heavy atom. The first-order valence-electron chi connectivity index (χ1n) is 11.6. The van der Waals surface area contributed by atoms with Gasteiger partial charge < -0.3 is 4.42 Å². The molecule has 0 fully saturated rings. The molecule has 2 heterocycles. The van der Waals surface area contributed by atoms with Crippen LogP contribution in [0.4, 0.5) is 0 Å². The van der Waals surface area contributed by atoms with Crippen LogP contribution in [0.5, 0.6) is 0 Å². The van der Waals surface area contributed by atoms with Crippen molar-refractivity contribution in [3.8, 4) is 11.1 Å². The summed E-state index contributed by atoms with van der Waals surface area (Å²) in [6.07, 6.45) is 0. The Balaban J connectivity index is 1.57. The number of rotatable bonds is 1. The molecular weight excluding hydrogens is 512 g/mol. The molecule has 0 N–H and O–H groups in total. The summed E-state index contributed by atoms with van der Waals surface area (Å²) >= 11 is 5.71. The molecule has 0 radical (unpaired) electrons. The molecular formula is C32H17BrOS. The first-order valence-corrected chi connectivity index (χ1v) is 13.3. The fraction of sp³-hybridized carbons (Fsp3) is 0. The molecule has 8 rings (SSSR count). The van der Waals surface area contributed by atoms with Gasteiger partial charge in [0.2, 0.25) is 0 Å². The molecule has 8 aromatic rings. The first kappa shape index (κ1) is 19.6. The summed E-state index contributed by atoms with van der Waals surface area (Å²) in [6.45, 7) is 0. The lowest BCUT2D eigenvalue weighted by atomic mass is 9.90. The zero-order valence-electron chi connectivity index (χ0n) is 18.5. The average Bonchev–Trinajstić information content (AvgIpc) is 3.48. The van der Waals surface area contributed by atoms with Gasteiger partial charge in [-0.2, -0.15) is 0 Å². The number of furan rings is 1. The van der Waals surface area contributed by atoms with Gasteiger partial charge in [-0.1, -0.05) is 84.9 Å². The monoisotopic (exact) mass is 528 g/mol. The second-order valence-electron chi connectivity index (χ2n) is 8.98. The van der Waals surface area contributed by atoms with E-state index < -0.39 is 0 Å². The Morgan fingerprint density at radius 3 is 1.91 bits per heavy atom. The van der Waals surface area contributed by atoms with Crippen LogP contribution in [-0.2, 0) is 0 Å². The minimum absolute atomic E-state index is 0.929. The summed E-state index contributed by atoms with van der Waals surface area (Å²) < 4.78 is 10.3. The third kappa shape index (κ3) is 2.63. The quantitative estimate of drug-likeness (QED) is 0.193. The lowest BCUT2D eigenvalue weighted by Gasteiger charge is -2.15. The van der Waals surface area contributed by atoms with E-state index >= 15 is 0 Å². The van der Waals surface area contributed by atoms with Crippen LogP contribution in [0, 0.1) is 0 Å². The van der Waals surface area contributed by atoms with E-state index in [2.05, 4.69) is 119 Å². The molecule has 0 saturated carbocycles. The smallest absolute Gasteiger partial charge is 0.153 e. The maximum Gasteiger partial charge on any atom is 0.153 e. The summed E-state index contributed by atoms with van der Waals surface area (Å²) in [7, 11) is 0. The second-order valence-corrected chi connectivity index (χ2v) is 10.8. The van der Waals surface area contributed by atoms with Gasteiger partial charge >= 0.3 is 0 Å². The van der Waals surface area contributed by atoms with Gasteiger partial charge in [-0.25, -0.2) is 0 Å². The molecule has 6 aromatic carbocycles. The zero-order valence-corrected chi connectivity index (χ0v) is 20.9. The molecule has 0 bridgehead atoms. The Bertz CT molecular complexity index is 2070. The normalized spacial score (nSPS) is 12.1. The molecule has 0 aliphatic carbocycles. The molecule has 2 aromatic heterocycles. The van der Waals surface area contributed by atoms with E-state index in [9.17, 15) is 0 Å². The van der Waals surface area contributed by atoms with Crippen molar-refractivity contribution >= 4 is 90.9 Å². The summed E-state index contributed by atoms with van der Waals surface area (Å²) in [5, 5.41) is 9.82. The number of hydrogen-bond acceptors (Lipinski definition) is 2. The van der Waals surface area contributed by atoms with Crippen LogP contribution in [0.15, 0.2) is 112 Å². The van der Waals surface area contributed by atoms with E-state index in [-0.39, 0.29) is 0 Å². The van der Waals surface area contributed by atoms with Gasteiger partial charge in [-0.3, -0.25) is 0 Å². The lowest BCUT2D eigenvalue weighted by molar-refractivity contribution is 0.673. The largest absolute Gasteiger partial charge is 0.455 e. The van der Waals surface area contributed by atoms with Gasteiger partial charge in [-0.05, 0) is 66.8 Å². The van der Waals surface area contributed by atoms with Crippen molar-refractivity contribution in [1.82, 2.24) is 0 Å². The Morgan fingerprint density at radius 2 is 1.17 bits per heavy atom. The van der Waals surface area contributed by atoms with Crippen LogP contribution >= 0.6 is 27.3 Å². The summed E-state index contributed by atoms with van der Waals surface area (Å²) in [4.78, 5) is 0. The van der Waals surface area contributed by atoms with Crippen LogP contribution in [0.1, 0.15) is 0 Å². The predicted octanol–water partition coefficient (Wildman–Crippen LogP) is 10.7. The minimum Gasteiger partial charge on any atom is -0.455 e. The van der Waals surface area contributed by atoms with Crippen molar-refractivity contribution in [2.75, 3.05) is 0 Å². The highest BCUT2D eigenvalue weighted by atomic mass is 79.9. The minimum atomic E-state index is 0.929. The summed E-state index contributed by atoms with van der Waals surface area (Å²) in [6, 6.07) is 36.9. The average molecular weight is 529 g/mol. The van der Waals surface area contributed by atoms with Crippen LogP contribution < -0.4 is 0 Å². The highest BCUT2D eigenvalue weighted by Crippen LogP contribution is 2.47. The van der Waals surface area contributed by atoms with E-state index in [4.69, 9.17) is 4.42 Å². The van der Waals surface area contributed by atoms with Crippen molar-refractivity contribution in [3.63, 3.8) is 0 Å². The standard InChI is InChI=1S/C32H17BrOS/c33-30-21-11-3-1-9-19(21)28(20-10-2-4-12-22(20)30)24-13-7-14-26-29(24)25-17-16-23-18-8-5-6-15-27(18)35-32(23)31(25)34-26/h1-17H. The van der Waals surface area contributed by atoms with Crippen molar-refractivity contribution in [3.05, 3.63) is 108 Å². The molecule has 0 unspecified atom stereocenters. The number of halogens is 1. The predicted molar refractivity (Wildman–Crippen MR) is 155 cm³/mol. The number of benzene rings is 6. The SMILES string of the molecule is Brc1c2ccccc2c(-c2cccc3oc4c(ccc5c6ccccc6sc54)c23)c2ccccc12. The van der Waals surface area contributed by atoms with Crippen molar-refractivity contribution in [2.24, 2.45) is 0 Å². The van der Waals surface area contributed by atoms with Crippen LogP contribution in [0.2, 0.25) is 0 Å². The summed E-state index contributed by atoms with van der Waals surface area (Å²) in [5.74, 6) is 0. The van der Waals surface area contributed by atoms with Gasteiger partial charge in [0, 0.05) is 30.7 Å². The first-order chi connectivity index (χ1) is 17.3. The third-order valence-corrected chi connectivity index (χ3v) is 9.18. The lowest BCUT2D eigenvalue weighted by Crippen LogP contribution is -1.88. The van der Waals surface area contributed by atoms with Gasteiger partial charge in [0.15, 0.2) is 5.58 Å². The van der Waals surface area contributed by atoms with Gasteiger partial charge in [0.1, 0.15) is 5.58 Å². The topological polar surface area (TPSA) is 13.1 Å². The molecule has 0 atom stereocenters. The Hall–Kier alpha value is -3.66. The van der Waals surface area contributed by atoms with Crippen LogP contribution in [0.25, 0.3) is 74.8 Å². The molecule has 0 amide bonds. The van der Waals surface area contributed by atoms with E-state index in [0.717, 1.165) is 15.6 Å². The fourth-order valence-corrected chi connectivity index (χ4v) is 7.52. The Kier molecular flexibility index (Phi) is 4.02. The Labute approximate surface area is 213 Å². The van der Waals surface area contributed by atoms with Crippen LogP contribution in [-0.4, -0.2) is 0 Å². The molecule has 35 heavy (non-hydrogen) atoms. The number of fused-ring (bicyclic) bond motifs is 9. The second kappa shape index (κ2) is 7.17. The van der Waals surface area contributed by atoms with Crippen molar-refractivity contribution < 1.29 is 4.42 Å². The van der Waals surface area contributed by atoms with E-state index in [1.807, 2.05) is 11.3 Å². The van der Waals surface area contributed by atoms with Crippen LogP contribution in [0.3, 0.4) is 0 Å². The molecule has 0 saturated heterocycles. The highest BCUT2D eigenvalue weighted by Gasteiger charge is 2.20. The van der Waals surface area contributed by atoms with Gasteiger partial charge in [0.25, 0.3) is 0 Å². The molecule has 1 nitrogen and oxygen atoms in total. The number of hydrogen-bond donors (Lipinski definition) is 0. The van der Waals surface area contributed by atoms with Gasteiger partial charge in [-0.15, -0.1) is 11.3 Å². The third-order valence-electron chi connectivity index (χ3n) is 7.14. The fourth-order valence-electron chi connectivity index (χ4n) is 5.64. The van der Waals surface area contributed by atoms with E-state index in [0.29, 0.717) is 0 Å².